The first kappa shape index (κ1) is 19.4. The fraction of sp³-hybridized carbons (Fsp3) is 0.200. The topological polar surface area (TPSA) is 51.1 Å². The number of hydrogen-bond donors (Lipinski definition) is 0. The van der Waals surface area contributed by atoms with Crippen molar-refractivity contribution in [3.8, 4) is 11.5 Å². The van der Waals surface area contributed by atoms with Crippen molar-refractivity contribution in [1.29, 1.82) is 0 Å². The number of nitrogens with zero attached hydrogens (tertiary/aromatic N) is 2. The maximum Gasteiger partial charge on any atom is 0.266 e. The average molecular weight is 401 g/mol. The van der Waals surface area contributed by atoms with Gasteiger partial charge in [0.25, 0.3) is 5.91 Å². The summed E-state index contributed by atoms with van der Waals surface area (Å²) in [5, 5.41) is 0.657. The Labute approximate surface area is 167 Å². The Morgan fingerprint density at radius 1 is 1.11 bits per heavy atom. The zero-order chi connectivity index (χ0) is 19.4. The molecule has 1 aliphatic rings. The molecule has 1 saturated heterocycles. The van der Waals surface area contributed by atoms with Crippen LogP contribution in [0, 0.1) is 0 Å². The molecule has 0 saturated carbocycles. The summed E-state index contributed by atoms with van der Waals surface area (Å²) in [5.41, 5.74) is 1.69. The average Bonchev–Trinajstić information content (AvgIpc) is 2.95. The standard InChI is InChI=1S/C20H20N2O3S2/c1-22-19(23)18(11-13-8-9-16(24-2)17(10-13)25-3)27-20(22)21-14-6-5-7-15(12-14)26-4/h5-12H,1-4H3/b18-11+,21-20?. The number of rotatable bonds is 5. The number of aliphatic imine (C=N–C) groups is 1. The molecule has 0 spiro atoms. The summed E-state index contributed by atoms with van der Waals surface area (Å²) in [6.07, 6.45) is 3.86. The number of amidine groups is 1. The molecule has 0 atom stereocenters. The molecule has 0 unspecified atom stereocenters. The van der Waals surface area contributed by atoms with Crippen molar-refractivity contribution in [2.24, 2.45) is 4.99 Å². The number of benzene rings is 2. The van der Waals surface area contributed by atoms with E-state index in [-0.39, 0.29) is 5.91 Å². The fourth-order valence-electron chi connectivity index (χ4n) is 2.54. The number of ether oxygens (including phenoxy) is 2. The van der Waals surface area contributed by atoms with Gasteiger partial charge >= 0.3 is 0 Å². The van der Waals surface area contributed by atoms with Crippen LogP contribution >= 0.6 is 23.5 Å². The van der Waals surface area contributed by atoms with Crippen molar-refractivity contribution < 1.29 is 14.3 Å². The molecule has 1 aliphatic heterocycles. The number of thioether (sulfide) groups is 2. The van der Waals surface area contributed by atoms with Crippen LogP contribution in [0.3, 0.4) is 0 Å². The summed E-state index contributed by atoms with van der Waals surface area (Å²) >= 11 is 3.02. The lowest BCUT2D eigenvalue weighted by Crippen LogP contribution is -2.23. The van der Waals surface area contributed by atoms with Gasteiger partial charge in [0.05, 0.1) is 24.8 Å². The molecule has 0 bridgehead atoms. The lowest BCUT2D eigenvalue weighted by atomic mass is 10.2. The van der Waals surface area contributed by atoms with Gasteiger partial charge in [0.15, 0.2) is 16.7 Å². The molecule has 1 heterocycles. The minimum atomic E-state index is -0.0745. The van der Waals surface area contributed by atoms with E-state index in [1.54, 1.807) is 37.9 Å². The third-order valence-electron chi connectivity index (χ3n) is 3.99. The Bertz CT molecular complexity index is 925. The Morgan fingerprint density at radius 3 is 2.59 bits per heavy atom. The van der Waals surface area contributed by atoms with E-state index >= 15 is 0 Å². The highest BCUT2D eigenvalue weighted by Crippen LogP contribution is 2.35. The van der Waals surface area contributed by atoms with E-state index in [0.717, 1.165) is 16.1 Å². The van der Waals surface area contributed by atoms with Gasteiger partial charge in [-0.15, -0.1) is 11.8 Å². The molecule has 140 valence electrons. The molecule has 2 aromatic rings. The summed E-state index contributed by atoms with van der Waals surface area (Å²) in [5.74, 6) is 1.20. The molecule has 5 nitrogen and oxygen atoms in total. The summed E-state index contributed by atoms with van der Waals surface area (Å²) < 4.78 is 10.6. The van der Waals surface area contributed by atoms with Crippen molar-refractivity contribution in [2.75, 3.05) is 27.5 Å². The quantitative estimate of drug-likeness (QED) is 0.540. The monoisotopic (exact) mass is 400 g/mol. The smallest absolute Gasteiger partial charge is 0.266 e. The Kier molecular flexibility index (Phi) is 6.13. The van der Waals surface area contributed by atoms with E-state index < -0.39 is 0 Å². The van der Waals surface area contributed by atoms with Crippen molar-refractivity contribution in [2.45, 2.75) is 4.90 Å². The van der Waals surface area contributed by atoms with Gasteiger partial charge in [-0.25, -0.2) is 4.99 Å². The predicted molar refractivity (Wildman–Crippen MR) is 113 cm³/mol. The second-order valence-electron chi connectivity index (χ2n) is 5.69. The normalized spacial score (nSPS) is 17.0. The summed E-state index contributed by atoms with van der Waals surface area (Å²) in [7, 11) is 4.92. The van der Waals surface area contributed by atoms with E-state index in [0.29, 0.717) is 21.6 Å². The molecule has 0 aromatic heterocycles. The Hall–Kier alpha value is -2.38. The van der Waals surface area contributed by atoms with Gasteiger partial charge in [-0.05, 0) is 60.0 Å². The number of carbonyl (C=O) groups excluding carboxylic acids is 1. The molecule has 2 aromatic carbocycles. The van der Waals surface area contributed by atoms with Crippen LogP contribution in [0.1, 0.15) is 5.56 Å². The molecular formula is C20H20N2O3S2. The maximum atomic E-state index is 12.6. The van der Waals surface area contributed by atoms with E-state index in [2.05, 4.69) is 4.99 Å². The minimum Gasteiger partial charge on any atom is -0.493 e. The van der Waals surface area contributed by atoms with Gasteiger partial charge in [-0.1, -0.05) is 12.1 Å². The SMILES string of the molecule is COc1ccc(/C=C2/SC(=Nc3cccc(SC)c3)N(C)C2=O)cc1OC. The Balaban J connectivity index is 1.89. The first-order chi connectivity index (χ1) is 13.0. The number of methoxy groups -OCH3 is 2. The second kappa shape index (κ2) is 8.54. The van der Waals surface area contributed by atoms with Gasteiger partial charge in [0.1, 0.15) is 0 Å². The van der Waals surface area contributed by atoms with Crippen LogP contribution < -0.4 is 9.47 Å². The summed E-state index contributed by atoms with van der Waals surface area (Å²) in [6, 6.07) is 13.5. The highest BCUT2D eigenvalue weighted by molar-refractivity contribution is 8.18. The van der Waals surface area contributed by atoms with Crippen molar-refractivity contribution in [3.63, 3.8) is 0 Å². The third kappa shape index (κ3) is 4.31. The fourth-order valence-corrected chi connectivity index (χ4v) is 3.98. The second-order valence-corrected chi connectivity index (χ2v) is 7.57. The minimum absolute atomic E-state index is 0.0745. The zero-order valence-corrected chi connectivity index (χ0v) is 17.2. The van der Waals surface area contributed by atoms with Gasteiger partial charge < -0.3 is 9.47 Å². The van der Waals surface area contributed by atoms with Crippen LogP contribution in [0.15, 0.2) is 57.3 Å². The number of hydrogen-bond acceptors (Lipinski definition) is 6. The molecule has 1 fully saturated rings. The van der Waals surface area contributed by atoms with Crippen LogP contribution in [-0.2, 0) is 4.79 Å². The lowest BCUT2D eigenvalue weighted by Gasteiger charge is -2.08. The van der Waals surface area contributed by atoms with Crippen LogP contribution in [0.2, 0.25) is 0 Å². The van der Waals surface area contributed by atoms with Crippen LogP contribution in [-0.4, -0.2) is 43.5 Å². The van der Waals surface area contributed by atoms with Crippen LogP contribution in [0.4, 0.5) is 5.69 Å². The summed E-state index contributed by atoms with van der Waals surface area (Å²) in [6.45, 7) is 0. The number of amides is 1. The Morgan fingerprint density at radius 2 is 1.89 bits per heavy atom. The van der Waals surface area contributed by atoms with E-state index in [9.17, 15) is 4.79 Å². The van der Waals surface area contributed by atoms with Crippen molar-refractivity contribution >= 4 is 46.4 Å². The molecule has 1 amide bonds. The first-order valence-electron chi connectivity index (χ1n) is 8.18. The molecule has 3 rings (SSSR count). The summed E-state index contributed by atoms with van der Waals surface area (Å²) in [4.78, 5) is 20.6. The molecule has 0 radical (unpaired) electrons. The first-order valence-corrected chi connectivity index (χ1v) is 10.2. The van der Waals surface area contributed by atoms with Crippen LogP contribution in [0.25, 0.3) is 6.08 Å². The number of likely N-dealkylation sites (N-methyl/N-ethyl adjacent to an activating group) is 1. The van der Waals surface area contributed by atoms with Crippen LogP contribution in [0.5, 0.6) is 11.5 Å². The van der Waals surface area contributed by atoms with Gasteiger partial charge in [0.2, 0.25) is 0 Å². The molecule has 0 aliphatic carbocycles. The highest BCUT2D eigenvalue weighted by Gasteiger charge is 2.30. The zero-order valence-electron chi connectivity index (χ0n) is 15.6. The lowest BCUT2D eigenvalue weighted by molar-refractivity contribution is -0.121. The van der Waals surface area contributed by atoms with E-state index in [1.807, 2.05) is 54.8 Å². The van der Waals surface area contributed by atoms with Crippen molar-refractivity contribution in [3.05, 3.63) is 52.9 Å². The predicted octanol–water partition coefficient (Wildman–Crippen LogP) is 4.66. The van der Waals surface area contributed by atoms with Crippen molar-refractivity contribution in [1.82, 2.24) is 4.90 Å². The van der Waals surface area contributed by atoms with Gasteiger partial charge in [0, 0.05) is 11.9 Å². The number of carbonyl (C=O) groups is 1. The molecule has 27 heavy (non-hydrogen) atoms. The van der Waals surface area contributed by atoms with E-state index in [1.165, 1.54) is 11.8 Å². The van der Waals surface area contributed by atoms with Gasteiger partial charge in [-0.2, -0.15) is 0 Å². The third-order valence-corrected chi connectivity index (χ3v) is 5.77. The van der Waals surface area contributed by atoms with E-state index in [4.69, 9.17) is 9.47 Å². The molecular weight excluding hydrogens is 380 g/mol. The molecule has 0 N–H and O–H groups in total. The molecule has 7 heteroatoms. The van der Waals surface area contributed by atoms with Gasteiger partial charge in [-0.3, -0.25) is 9.69 Å². The highest BCUT2D eigenvalue weighted by atomic mass is 32.2. The maximum absolute atomic E-state index is 12.6. The largest absolute Gasteiger partial charge is 0.493 e.